The summed E-state index contributed by atoms with van der Waals surface area (Å²) >= 11 is 0. The monoisotopic (exact) mass is 194 g/mol. The smallest absolute Gasteiger partial charge is 0.124 e. The minimum Gasteiger partial charge on any atom is -0.384 e. The van der Waals surface area contributed by atoms with Gasteiger partial charge in [0.05, 0.1) is 12.7 Å². The lowest BCUT2D eigenvalue weighted by atomic mass is 10.1. The number of nitrogens with two attached hydrogens (primary N) is 1. The number of nitrogens with zero attached hydrogens (tertiary/aromatic N) is 3. The zero-order valence-electron chi connectivity index (χ0n) is 8.74. The first-order chi connectivity index (χ1) is 6.77. The van der Waals surface area contributed by atoms with Crippen LogP contribution in [-0.2, 0) is 13.6 Å². The number of hydrogen-bond acceptors (Lipinski definition) is 3. The number of aromatic nitrogens is 2. The van der Waals surface area contributed by atoms with Crippen molar-refractivity contribution >= 4 is 5.82 Å². The molecule has 0 amide bonds. The van der Waals surface area contributed by atoms with Crippen LogP contribution in [0.5, 0.6) is 0 Å². The molecule has 0 radical (unpaired) electrons. The van der Waals surface area contributed by atoms with E-state index >= 15 is 0 Å². The highest BCUT2D eigenvalue weighted by Gasteiger charge is 2.13. The molecule has 1 aliphatic heterocycles. The fourth-order valence-corrected chi connectivity index (χ4v) is 1.93. The van der Waals surface area contributed by atoms with Crippen LogP contribution < -0.4 is 5.73 Å². The Hall–Kier alpha value is -1.03. The number of piperidine rings is 1. The summed E-state index contributed by atoms with van der Waals surface area (Å²) < 4.78 is 1.97. The third kappa shape index (κ3) is 1.90. The van der Waals surface area contributed by atoms with Crippen molar-refractivity contribution in [1.29, 1.82) is 0 Å². The zero-order valence-corrected chi connectivity index (χ0v) is 8.74. The van der Waals surface area contributed by atoms with Crippen molar-refractivity contribution in [3.63, 3.8) is 0 Å². The SMILES string of the molecule is Cn1c(N)cnc1CN1CCCCC1. The maximum absolute atomic E-state index is 5.73. The van der Waals surface area contributed by atoms with E-state index in [9.17, 15) is 0 Å². The van der Waals surface area contributed by atoms with E-state index in [1.54, 1.807) is 6.20 Å². The van der Waals surface area contributed by atoms with Crippen LogP contribution in [0.2, 0.25) is 0 Å². The average Bonchev–Trinajstić information content (AvgIpc) is 2.52. The second-order valence-electron chi connectivity index (χ2n) is 4.00. The molecular weight excluding hydrogens is 176 g/mol. The Balaban J connectivity index is 1.99. The van der Waals surface area contributed by atoms with Crippen LogP contribution in [0, 0.1) is 0 Å². The van der Waals surface area contributed by atoms with Gasteiger partial charge < -0.3 is 10.3 Å². The molecule has 1 aliphatic rings. The third-order valence-electron chi connectivity index (χ3n) is 2.93. The van der Waals surface area contributed by atoms with Crippen molar-refractivity contribution in [3.8, 4) is 0 Å². The summed E-state index contributed by atoms with van der Waals surface area (Å²) in [7, 11) is 1.97. The molecule has 2 N–H and O–H groups in total. The number of rotatable bonds is 2. The Kier molecular flexibility index (Phi) is 2.72. The van der Waals surface area contributed by atoms with Crippen LogP contribution in [-0.4, -0.2) is 27.5 Å². The lowest BCUT2D eigenvalue weighted by Gasteiger charge is -2.25. The quantitative estimate of drug-likeness (QED) is 0.763. The Bertz CT molecular complexity index is 299. The summed E-state index contributed by atoms with van der Waals surface area (Å²) in [5.41, 5.74) is 5.73. The van der Waals surface area contributed by atoms with Crippen molar-refractivity contribution in [2.45, 2.75) is 25.8 Å². The van der Waals surface area contributed by atoms with E-state index in [1.165, 1.54) is 32.4 Å². The molecule has 1 fully saturated rings. The van der Waals surface area contributed by atoms with Gasteiger partial charge in [-0.3, -0.25) is 4.90 Å². The molecule has 0 aliphatic carbocycles. The normalized spacial score (nSPS) is 18.6. The fraction of sp³-hybridized carbons (Fsp3) is 0.700. The topological polar surface area (TPSA) is 47.1 Å². The summed E-state index contributed by atoms with van der Waals surface area (Å²) in [5.74, 6) is 1.82. The van der Waals surface area contributed by atoms with Gasteiger partial charge in [0.25, 0.3) is 0 Å². The molecule has 0 spiro atoms. The molecule has 1 aromatic rings. The summed E-state index contributed by atoms with van der Waals surface area (Å²) in [5, 5.41) is 0. The van der Waals surface area contributed by atoms with Crippen LogP contribution in [0.4, 0.5) is 5.82 Å². The first-order valence-corrected chi connectivity index (χ1v) is 5.26. The third-order valence-corrected chi connectivity index (χ3v) is 2.93. The summed E-state index contributed by atoms with van der Waals surface area (Å²) in [6.45, 7) is 3.34. The number of likely N-dealkylation sites (tertiary alicyclic amines) is 1. The second kappa shape index (κ2) is 4.00. The largest absolute Gasteiger partial charge is 0.384 e. The number of anilines is 1. The fourth-order valence-electron chi connectivity index (χ4n) is 1.93. The lowest BCUT2D eigenvalue weighted by molar-refractivity contribution is 0.214. The molecule has 2 heterocycles. The molecule has 78 valence electrons. The predicted octanol–water partition coefficient (Wildman–Crippen LogP) is 0.988. The van der Waals surface area contributed by atoms with Crippen molar-refractivity contribution in [1.82, 2.24) is 14.5 Å². The molecule has 0 aromatic carbocycles. The first-order valence-electron chi connectivity index (χ1n) is 5.26. The summed E-state index contributed by atoms with van der Waals surface area (Å²) in [4.78, 5) is 6.76. The van der Waals surface area contributed by atoms with E-state index < -0.39 is 0 Å². The van der Waals surface area contributed by atoms with Gasteiger partial charge in [0, 0.05) is 7.05 Å². The van der Waals surface area contributed by atoms with Gasteiger partial charge in [-0.1, -0.05) is 6.42 Å². The van der Waals surface area contributed by atoms with Crippen molar-refractivity contribution < 1.29 is 0 Å². The van der Waals surface area contributed by atoms with Crippen LogP contribution in [0.3, 0.4) is 0 Å². The van der Waals surface area contributed by atoms with Gasteiger partial charge in [0.1, 0.15) is 11.6 Å². The Morgan fingerprint density at radius 1 is 1.36 bits per heavy atom. The second-order valence-corrected chi connectivity index (χ2v) is 4.00. The van der Waals surface area contributed by atoms with E-state index in [0.29, 0.717) is 0 Å². The summed E-state index contributed by atoms with van der Waals surface area (Å²) in [6, 6.07) is 0. The molecule has 4 heteroatoms. The average molecular weight is 194 g/mol. The Morgan fingerprint density at radius 3 is 2.64 bits per heavy atom. The van der Waals surface area contributed by atoms with E-state index in [2.05, 4.69) is 9.88 Å². The van der Waals surface area contributed by atoms with Gasteiger partial charge in [0.2, 0.25) is 0 Å². The van der Waals surface area contributed by atoms with Crippen LogP contribution >= 0.6 is 0 Å². The molecule has 0 bridgehead atoms. The van der Waals surface area contributed by atoms with Crippen molar-refractivity contribution in [2.24, 2.45) is 7.05 Å². The molecule has 1 saturated heterocycles. The first kappa shape index (κ1) is 9.52. The minimum absolute atomic E-state index is 0.747. The Labute approximate surface area is 84.7 Å². The maximum atomic E-state index is 5.73. The van der Waals surface area contributed by atoms with Crippen LogP contribution in [0.25, 0.3) is 0 Å². The molecule has 0 saturated carbocycles. The predicted molar refractivity (Wildman–Crippen MR) is 56.7 cm³/mol. The number of hydrogen-bond donors (Lipinski definition) is 1. The standard InChI is InChI=1S/C10H18N4/c1-13-9(11)7-12-10(13)8-14-5-3-2-4-6-14/h7H,2-6,8,11H2,1H3. The van der Waals surface area contributed by atoms with Gasteiger partial charge >= 0.3 is 0 Å². The van der Waals surface area contributed by atoms with Gasteiger partial charge in [-0.05, 0) is 25.9 Å². The van der Waals surface area contributed by atoms with Crippen molar-refractivity contribution in [3.05, 3.63) is 12.0 Å². The van der Waals surface area contributed by atoms with E-state index in [-0.39, 0.29) is 0 Å². The minimum atomic E-state index is 0.747. The lowest BCUT2D eigenvalue weighted by Crippen LogP contribution is -2.30. The molecule has 14 heavy (non-hydrogen) atoms. The molecule has 2 rings (SSSR count). The molecular formula is C10H18N4. The zero-order chi connectivity index (χ0) is 9.97. The summed E-state index contributed by atoms with van der Waals surface area (Å²) in [6.07, 6.45) is 5.75. The van der Waals surface area contributed by atoms with Crippen molar-refractivity contribution in [2.75, 3.05) is 18.8 Å². The van der Waals surface area contributed by atoms with E-state index in [0.717, 1.165) is 18.2 Å². The van der Waals surface area contributed by atoms with Gasteiger partial charge in [0.15, 0.2) is 0 Å². The Morgan fingerprint density at radius 2 is 2.07 bits per heavy atom. The van der Waals surface area contributed by atoms with Crippen LogP contribution in [0.15, 0.2) is 6.20 Å². The number of imidazole rings is 1. The maximum Gasteiger partial charge on any atom is 0.124 e. The van der Waals surface area contributed by atoms with Gasteiger partial charge in [-0.2, -0.15) is 0 Å². The van der Waals surface area contributed by atoms with E-state index in [4.69, 9.17) is 5.73 Å². The molecule has 1 aromatic heterocycles. The van der Waals surface area contributed by atoms with Crippen LogP contribution in [0.1, 0.15) is 25.1 Å². The highest BCUT2D eigenvalue weighted by molar-refractivity contribution is 5.27. The number of nitrogen functional groups attached to an aromatic ring is 1. The molecule has 0 atom stereocenters. The molecule has 0 unspecified atom stereocenters. The van der Waals surface area contributed by atoms with Gasteiger partial charge in [-0.15, -0.1) is 0 Å². The molecule has 4 nitrogen and oxygen atoms in total. The van der Waals surface area contributed by atoms with E-state index in [1.807, 2.05) is 11.6 Å². The highest BCUT2D eigenvalue weighted by atomic mass is 15.2. The van der Waals surface area contributed by atoms with Gasteiger partial charge in [-0.25, -0.2) is 4.98 Å². The highest BCUT2D eigenvalue weighted by Crippen LogP contribution is 2.13.